The second-order valence-corrected chi connectivity index (χ2v) is 7.66. The number of hydrogen-bond donors (Lipinski definition) is 2. The number of aromatic nitrogens is 2. The minimum atomic E-state index is -0.636. The van der Waals surface area contributed by atoms with Crippen LogP contribution in [0.3, 0.4) is 0 Å². The number of carbonyl (C=O) groups excluding carboxylic acids is 2. The Balaban J connectivity index is 2.10. The predicted octanol–water partition coefficient (Wildman–Crippen LogP) is 4.22. The van der Waals surface area contributed by atoms with E-state index >= 15 is 0 Å². The van der Waals surface area contributed by atoms with Gasteiger partial charge in [-0.05, 0) is 30.9 Å². The van der Waals surface area contributed by atoms with E-state index in [1.165, 1.54) is 11.3 Å². The van der Waals surface area contributed by atoms with Crippen molar-refractivity contribution in [3.05, 3.63) is 40.9 Å². The third-order valence-electron chi connectivity index (χ3n) is 4.82. The highest BCUT2D eigenvalue weighted by atomic mass is 32.1. The Bertz CT molecular complexity index is 743. The largest absolute Gasteiger partial charge is 0.340 e. The monoisotopic (exact) mass is 388 g/mol. The standard InChI is InChI=1S/C20H28N4O2S/c1-5-13(4)16(21-17(25)15-11-9-8-10-12-15)18(26)22-20-24-23-19(27-20)14(6-2)7-3/h8-14,16H,5-7H2,1-4H3,(H,21,25)(H,22,24,26). The van der Waals surface area contributed by atoms with Crippen molar-refractivity contribution in [3.63, 3.8) is 0 Å². The molecule has 146 valence electrons. The van der Waals surface area contributed by atoms with E-state index in [-0.39, 0.29) is 17.7 Å². The van der Waals surface area contributed by atoms with Gasteiger partial charge in [0, 0.05) is 11.5 Å². The number of rotatable bonds is 9. The van der Waals surface area contributed by atoms with E-state index in [4.69, 9.17) is 0 Å². The van der Waals surface area contributed by atoms with Gasteiger partial charge in [0.1, 0.15) is 11.0 Å². The number of benzene rings is 1. The molecule has 2 rings (SSSR count). The zero-order chi connectivity index (χ0) is 19.8. The maximum atomic E-state index is 12.8. The lowest BCUT2D eigenvalue weighted by Gasteiger charge is -2.23. The van der Waals surface area contributed by atoms with Crippen molar-refractivity contribution in [2.24, 2.45) is 5.92 Å². The Kier molecular flexibility index (Phi) is 7.91. The molecule has 0 radical (unpaired) electrons. The zero-order valence-corrected chi connectivity index (χ0v) is 17.2. The van der Waals surface area contributed by atoms with E-state index in [0.717, 1.165) is 24.3 Å². The van der Waals surface area contributed by atoms with Crippen LogP contribution in [0.5, 0.6) is 0 Å². The highest BCUT2D eigenvalue weighted by Gasteiger charge is 2.27. The fraction of sp³-hybridized carbons (Fsp3) is 0.500. The van der Waals surface area contributed by atoms with Gasteiger partial charge in [-0.15, -0.1) is 10.2 Å². The molecule has 0 saturated carbocycles. The normalized spacial score (nSPS) is 13.2. The molecule has 0 saturated heterocycles. The number of carbonyl (C=O) groups is 2. The second kappa shape index (κ2) is 10.2. The molecule has 27 heavy (non-hydrogen) atoms. The van der Waals surface area contributed by atoms with Crippen molar-refractivity contribution < 1.29 is 9.59 Å². The molecule has 2 amide bonds. The fourth-order valence-electron chi connectivity index (χ4n) is 2.79. The maximum absolute atomic E-state index is 12.8. The molecule has 7 heteroatoms. The SMILES string of the molecule is CCC(CC)c1nnc(NC(=O)C(NC(=O)c2ccccc2)C(C)CC)s1. The number of anilines is 1. The second-order valence-electron chi connectivity index (χ2n) is 6.65. The van der Waals surface area contributed by atoms with Gasteiger partial charge in [-0.3, -0.25) is 14.9 Å². The summed E-state index contributed by atoms with van der Waals surface area (Å²) < 4.78 is 0. The van der Waals surface area contributed by atoms with Crippen LogP contribution in [0.4, 0.5) is 5.13 Å². The van der Waals surface area contributed by atoms with Crippen molar-refractivity contribution in [3.8, 4) is 0 Å². The predicted molar refractivity (Wildman–Crippen MR) is 109 cm³/mol. The average molecular weight is 389 g/mol. The van der Waals surface area contributed by atoms with E-state index in [2.05, 4.69) is 34.7 Å². The van der Waals surface area contributed by atoms with Crippen LogP contribution < -0.4 is 10.6 Å². The highest BCUT2D eigenvalue weighted by Crippen LogP contribution is 2.28. The molecule has 0 spiro atoms. The van der Waals surface area contributed by atoms with Crippen LogP contribution in [0.15, 0.2) is 30.3 Å². The summed E-state index contributed by atoms with van der Waals surface area (Å²) in [4.78, 5) is 25.3. The van der Waals surface area contributed by atoms with Crippen LogP contribution in [0.1, 0.15) is 68.2 Å². The van der Waals surface area contributed by atoms with Crippen LogP contribution >= 0.6 is 11.3 Å². The number of nitrogens with zero attached hydrogens (tertiary/aromatic N) is 2. The first-order valence-electron chi connectivity index (χ1n) is 9.50. The summed E-state index contributed by atoms with van der Waals surface area (Å²) in [7, 11) is 0. The Morgan fingerprint density at radius 3 is 2.30 bits per heavy atom. The van der Waals surface area contributed by atoms with Crippen LogP contribution in [0.25, 0.3) is 0 Å². The van der Waals surface area contributed by atoms with Crippen LogP contribution in [0.2, 0.25) is 0 Å². The first-order chi connectivity index (χ1) is 13.0. The first-order valence-corrected chi connectivity index (χ1v) is 10.3. The number of amides is 2. The molecule has 0 fully saturated rings. The van der Waals surface area contributed by atoms with Gasteiger partial charge in [0.25, 0.3) is 5.91 Å². The van der Waals surface area contributed by atoms with Gasteiger partial charge in [-0.25, -0.2) is 0 Å². The maximum Gasteiger partial charge on any atom is 0.251 e. The van der Waals surface area contributed by atoms with Gasteiger partial charge in [0.15, 0.2) is 0 Å². The van der Waals surface area contributed by atoms with Crippen molar-refractivity contribution >= 4 is 28.3 Å². The number of hydrogen-bond acceptors (Lipinski definition) is 5. The van der Waals surface area contributed by atoms with E-state index < -0.39 is 6.04 Å². The molecular formula is C20H28N4O2S. The molecule has 0 bridgehead atoms. The molecule has 1 heterocycles. The van der Waals surface area contributed by atoms with Crippen LogP contribution in [0, 0.1) is 5.92 Å². The summed E-state index contributed by atoms with van der Waals surface area (Å²) in [6.07, 6.45) is 2.74. The molecule has 0 aliphatic heterocycles. The molecule has 1 aromatic carbocycles. The van der Waals surface area contributed by atoms with Crippen molar-refractivity contribution in [2.45, 2.75) is 58.9 Å². The fourth-order valence-corrected chi connectivity index (χ4v) is 3.80. The Morgan fingerprint density at radius 1 is 1.04 bits per heavy atom. The number of nitrogens with one attached hydrogen (secondary N) is 2. The van der Waals surface area contributed by atoms with Crippen molar-refractivity contribution in [1.82, 2.24) is 15.5 Å². The van der Waals surface area contributed by atoms with E-state index in [1.807, 2.05) is 19.9 Å². The van der Waals surface area contributed by atoms with Crippen LogP contribution in [-0.2, 0) is 4.79 Å². The Morgan fingerprint density at radius 2 is 1.70 bits per heavy atom. The van der Waals surface area contributed by atoms with Crippen molar-refractivity contribution in [2.75, 3.05) is 5.32 Å². The Hall–Kier alpha value is -2.28. The minimum absolute atomic E-state index is 0.0101. The third-order valence-corrected chi connectivity index (χ3v) is 5.82. The highest BCUT2D eigenvalue weighted by molar-refractivity contribution is 7.15. The molecule has 1 aromatic heterocycles. The van der Waals surface area contributed by atoms with Gasteiger partial charge in [0.2, 0.25) is 11.0 Å². The van der Waals surface area contributed by atoms with E-state index in [9.17, 15) is 9.59 Å². The Labute approximate surface area is 164 Å². The first kappa shape index (κ1) is 21.0. The van der Waals surface area contributed by atoms with Crippen LogP contribution in [-0.4, -0.2) is 28.1 Å². The molecule has 6 nitrogen and oxygen atoms in total. The lowest BCUT2D eigenvalue weighted by atomic mass is 9.98. The summed E-state index contributed by atoms with van der Waals surface area (Å²) in [5, 5.41) is 15.4. The average Bonchev–Trinajstić information content (AvgIpc) is 3.15. The third kappa shape index (κ3) is 5.60. The van der Waals surface area contributed by atoms with Gasteiger partial charge < -0.3 is 5.32 Å². The molecule has 0 aliphatic rings. The van der Waals surface area contributed by atoms with E-state index in [1.54, 1.807) is 24.3 Å². The molecule has 2 unspecified atom stereocenters. The summed E-state index contributed by atoms with van der Waals surface area (Å²) >= 11 is 1.40. The van der Waals surface area contributed by atoms with Gasteiger partial charge >= 0.3 is 0 Å². The summed E-state index contributed by atoms with van der Waals surface area (Å²) in [5.74, 6) is -0.174. The lowest BCUT2D eigenvalue weighted by Crippen LogP contribution is -2.47. The summed E-state index contributed by atoms with van der Waals surface area (Å²) in [6, 6.07) is 8.27. The molecule has 2 aromatic rings. The smallest absolute Gasteiger partial charge is 0.251 e. The molecule has 0 aliphatic carbocycles. The quantitative estimate of drug-likeness (QED) is 0.673. The van der Waals surface area contributed by atoms with Gasteiger partial charge in [-0.1, -0.05) is 63.7 Å². The molecular weight excluding hydrogens is 360 g/mol. The molecule has 2 N–H and O–H groups in total. The zero-order valence-electron chi connectivity index (χ0n) is 16.4. The van der Waals surface area contributed by atoms with Crippen molar-refractivity contribution in [1.29, 1.82) is 0 Å². The summed E-state index contributed by atoms with van der Waals surface area (Å²) in [5.41, 5.74) is 0.533. The van der Waals surface area contributed by atoms with Gasteiger partial charge in [0.05, 0.1) is 0 Å². The minimum Gasteiger partial charge on any atom is -0.340 e. The summed E-state index contributed by atoms with van der Waals surface area (Å²) in [6.45, 7) is 8.18. The van der Waals surface area contributed by atoms with E-state index in [0.29, 0.717) is 16.6 Å². The topological polar surface area (TPSA) is 84.0 Å². The molecule has 2 atom stereocenters. The lowest BCUT2D eigenvalue weighted by molar-refractivity contribution is -0.119. The van der Waals surface area contributed by atoms with Gasteiger partial charge in [-0.2, -0.15) is 0 Å².